The summed E-state index contributed by atoms with van der Waals surface area (Å²) >= 11 is 0. The van der Waals surface area contributed by atoms with Crippen LogP contribution in [0.2, 0.25) is 0 Å². The van der Waals surface area contributed by atoms with E-state index in [1.807, 2.05) is 0 Å². The Kier molecular flexibility index (Phi) is 0.906. The lowest BCUT2D eigenvalue weighted by atomic mass is 10.7. The van der Waals surface area contributed by atoms with Crippen LogP contribution in [0.1, 0.15) is 0 Å². The van der Waals surface area contributed by atoms with Crippen LogP contribution in [0.3, 0.4) is 0 Å². The third-order valence-corrected chi connectivity index (χ3v) is 0.473. The lowest BCUT2D eigenvalue weighted by molar-refractivity contribution is 0.298. The normalized spacial score (nSPS) is 17.3. The van der Waals surface area contributed by atoms with Gasteiger partial charge in [0.25, 0.3) is 0 Å². The van der Waals surface area contributed by atoms with Gasteiger partial charge >= 0.3 is 0 Å². The fourth-order valence-corrected chi connectivity index (χ4v) is 0.249. The van der Waals surface area contributed by atoms with Crippen molar-refractivity contribution < 1.29 is 4.74 Å². The molecule has 1 aliphatic heterocycles. The Morgan fingerprint density at radius 1 is 1.83 bits per heavy atom. The largest absolute Gasteiger partial charge is 0.493 e. The molecule has 0 saturated carbocycles. The molecule has 0 amide bonds. The van der Waals surface area contributed by atoms with Crippen LogP contribution < -0.4 is 0 Å². The van der Waals surface area contributed by atoms with Crippen molar-refractivity contribution in [1.82, 2.24) is 0 Å². The molecule has 31 valence electrons. The highest BCUT2D eigenvalue weighted by atomic mass is 16.5. The van der Waals surface area contributed by atoms with Gasteiger partial charge in [-0.05, 0) is 0 Å². The van der Waals surface area contributed by atoms with Gasteiger partial charge in [-0.15, -0.1) is 0 Å². The van der Waals surface area contributed by atoms with Crippen molar-refractivity contribution in [1.29, 1.82) is 0 Å². The zero-order valence-corrected chi connectivity index (χ0v) is 3.22. The first-order valence-corrected chi connectivity index (χ1v) is 1.70. The van der Waals surface area contributed by atoms with Crippen LogP contribution >= 0.6 is 0 Å². The van der Waals surface area contributed by atoms with Crippen LogP contribution in [-0.4, -0.2) is 12.8 Å². The topological polar surface area (TPSA) is 21.6 Å². The maximum absolute atomic E-state index is 4.68. The molecule has 0 aromatic heterocycles. The molecule has 1 radical (unpaired) electrons. The Balaban J connectivity index is 2.46. The molecule has 2 nitrogen and oxygen atoms in total. The summed E-state index contributed by atoms with van der Waals surface area (Å²) in [6.45, 7) is 0.590. The van der Waals surface area contributed by atoms with E-state index in [-0.39, 0.29) is 0 Å². The molecule has 0 unspecified atom stereocenters. The fourth-order valence-electron chi connectivity index (χ4n) is 0.249. The Hall–Kier alpha value is -0.790. The van der Waals surface area contributed by atoms with E-state index in [0.717, 1.165) is 0 Å². The first-order valence-electron chi connectivity index (χ1n) is 1.70. The molecule has 0 saturated heterocycles. The summed E-state index contributed by atoms with van der Waals surface area (Å²) in [6.07, 6.45) is 5.60. The zero-order chi connectivity index (χ0) is 4.24. The van der Waals surface area contributed by atoms with Crippen LogP contribution in [-0.2, 0) is 4.74 Å². The second kappa shape index (κ2) is 1.60. The summed E-state index contributed by atoms with van der Waals surface area (Å²) < 4.78 is 4.68. The number of ether oxygens (including phenoxy) is 1. The van der Waals surface area contributed by atoms with Crippen LogP contribution in [0.15, 0.2) is 11.3 Å². The average molecular weight is 82.1 g/mol. The third kappa shape index (κ3) is 0.578. The second-order valence-corrected chi connectivity index (χ2v) is 0.892. The van der Waals surface area contributed by atoms with Crippen molar-refractivity contribution in [2.45, 2.75) is 0 Å². The van der Waals surface area contributed by atoms with E-state index in [4.69, 9.17) is 0 Å². The molecule has 0 bridgehead atoms. The Morgan fingerprint density at radius 2 is 2.83 bits per heavy atom. The van der Waals surface area contributed by atoms with Gasteiger partial charge in [-0.3, -0.25) is 4.99 Å². The van der Waals surface area contributed by atoms with Crippen LogP contribution in [0, 0.1) is 6.20 Å². The molecule has 0 atom stereocenters. The molecule has 0 aromatic rings. The van der Waals surface area contributed by atoms with Crippen LogP contribution in [0.25, 0.3) is 0 Å². The van der Waals surface area contributed by atoms with Crippen molar-refractivity contribution >= 4 is 6.21 Å². The van der Waals surface area contributed by atoms with Gasteiger partial charge < -0.3 is 4.74 Å². The minimum absolute atomic E-state index is 0.590. The first kappa shape index (κ1) is 3.40. The van der Waals surface area contributed by atoms with E-state index < -0.39 is 0 Å². The van der Waals surface area contributed by atoms with Gasteiger partial charge in [0, 0.05) is 6.21 Å². The summed E-state index contributed by atoms with van der Waals surface area (Å²) in [6, 6.07) is 0. The SMILES string of the molecule is [C]1=COCC=N1. The number of hydrogen-bond acceptors (Lipinski definition) is 2. The number of hydrogen-bond donors (Lipinski definition) is 0. The molecule has 1 rings (SSSR count). The predicted octanol–water partition coefficient (Wildman–Crippen LogP) is 0.362. The average Bonchev–Trinajstić information content (AvgIpc) is 1.72. The molecule has 1 aliphatic rings. The minimum Gasteiger partial charge on any atom is -0.493 e. The van der Waals surface area contributed by atoms with E-state index in [0.29, 0.717) is 6.61 Å². The Bertz CT molecular complexity index is 73.5. The molecular formula is C4H4NO. The molecule has 0 spiro atoms. The first-order chi connectivity index (χ1) is 3.00. The summed E-state index contributed by atoms with van der Waals surface area (Å²) in [4.78, 5) is 3.62. The van der Waals surface area contributed by atoms with E-state index in [1.54, 1.807) is 6.21 Å². The zero-order valence-electron chi connectivity index (χ0n) is 3.22. The van der Waals surface area contributed by atoms with Crippen molar-refractivity contribution in [2.75, 3.05) is 6.61 Å². The standard InChI is InChI=1S/C4H4NO/c1-3-6-4-2-5-1/h1,4H,3H2. The number of rotatable bonds is 0. The quantitative estimate of drug-likeness (QED) is 0.413. The van der Waals surface area contributed by atoms with Gasteiger partial charge in [-0.2, -0.15) is 0 Å². The lowest BCUT2D eigenvalue weighted by Crippen LogP contribution is -1.90. The summed E-state index contributed by atoms with van der Waals surface area (Å²) in [5.41, 5.74) is 0. The molecule has 1 heterocycles. The van der Waals surface area contributed by atoms with Gasteiger partial charge in [-0.1, -0.05) is 0 Å². The molecule has 0 fully saturated rings. The maximum atomic E-state index is 4.68. The number of nitrogens with zero attached hydrogens (tertiary/aromatic N) is 1. The molecule has 0 N–H and O–H groups in total. The van der Waals surface area contributed by atoms with Gasteiger partial charge in [-0.25, -0.2) is 0 Å². The highest BCUT2D eigenvalue weighted by Gasteiger charge is 1.77. The Labute approximate surface area is 36.1 Å². The maximum Gasteiger partial charge on any atom is 0.126 e. The van der Waals surface area contributed by atoms with E-state index in [2.05, 4.69) is 15.9 Å². The van der Waals surface area contributed by atoms with Crippen LogP contribution in [0.5, 0.6) is 0 Å². The second-order valence-electron chi connectivity index (χ2n) is 0.892. The van der Waals surface area contributed by atoms with E-state index >= 15 is 0 Å². The van der Waals surface area contributed by atoms with Gasteiger partial charge in [0.1, 0.15) is 19.1 Å². The van der Waals surface area contributed by atoms with Crippen molar-refractivity contribution in [3.8, 4) is 0 Å². The number of aliphatic imine (C=N–C) groups is 1. The van der Waals surface area contributed by atoms with Crippen LogP contribution in [0.4, 0.5) is 0 Å². The summed E-state index contributed by atoms with van der Waals surface area (Å²) in [5, 5.41) is 0. The molecule has 0 aromatic carbocycles. The molecular weight excluding hydrogens is 78.0 g/mol. The Morgan fingerprint density at radius 3 is 3.00 bits per heavy atom. The lowest BCUT2D eigenvalue weighted by Gasteiger charge is -1.93. The van der Waals surface area contributed by atoms with E-state index in [9.17, 15) is 0 Å². The highest BCUT2D eigenvalue weighted by Crippen LogP contribution is 1.80. The third-order valence-electron chi connectivity index (χ3n) is 0.473. The smallest absolute Gasteiger partial charge is 0.126 e. The van der Waals surface area contributed by atoms with Crippen molar-refractivity contribution in [3.63, 3.8) is 0 Å². The van der Waals surface area contributed by atoms with E-state index in [1.165, 1.54) is 6.26 Å². The summed E-state index contributed by atoms with van der Waals surface area (Å²) in [5.74, 6) is 0. The molecule has 2 heteroatoms. The predicted molar refractivity (Wildman–Crippen MR) is 22.3 cm³/mol. The van der Waals surface area contributed by atoms with Crippen molar-refractivity contribution in [2.24, 2.45) is 4.99 Å². The molecule has 6 heavy (non-hydrogen) atoms. The van der Waals surface area contributed by atoms with Gasteiger partial charge in [0.05, 0.1) is 0 Å². The van der Waals surface area contributed by atoms with Gasteiger partial charge in [0.15, 0.2) is 0 Å². The minimum atomic E-state index is 0.590. The fraction of sp³-hybridized carbons (Fsp3) is 0.250. The monoisotopic (exact) mass is 82.0 g/mol. The molecule has 0 aliphatic carbocycles. The van der Waals surface area contributed by atoms with Gasteiger partial charge in [0.2, 0.25) is 0 Å². The highest BCUT2D eigenvalue weighted by molar-refractivity contribution is 5.59. The van der Waals surface area contributed by atoms with Crippen molar-refractivity contribution in [3.05, 3.63) is 12.5 Å². The summed E-state index contributed by atoms with van der Waals surface area (Å²) in [7, 11) is 0.